The van der Waals surface area contributed by atoms with Gasteiger partial charge >= 0.3 is 0 Å². The number of imide groups is 1. The number of halogens is 4. The van der Waals surface area contributed by atoms with E-state index in [0.29, 0.717) is 22.7 Å². The van der Waals surface area contributed by atoms with Crippen LogP contribution in [0.2, 0.25) is 0 Å². The SMILES string of the molecule is O=C(CN1C(=O)S/C(=C/c2ccccc2F)C1=O)Nc1ccc(F)c(F)c1F. The van der Waals surface area contributed by atoms with Gasteiger partial charge in [-0.25, -0.2) is 17.6 Å². The van der Waals surface area contributed by atoms with E-state index in [2.05, 4.69) is 0 Å². The molecule has 1 N–H and O–H groups in total. The molecule has 3 rings (SSSR count). The largest absolute Gasteiger partial charge is 0.322 e. The Morgan fingerprint density at radius 2 is 1.71 bits per heavy atom. The topological polar surface area (TPSA) is 66.5 Å². The number of carbonyl (C=O) groups is 3. The summed E-state index contributed by atoms with van der Waals surface area (Å²) in [6.07, 6.45) is 1.17. The van der Waals surface area contributed by atoms with Crippen LogP contribution < -0.4 is 5.32 Å². The molecule has 5 nitrogen and oxygen atoms in total. The third kappa shape index (κ3) is 3.91. The Kier molecular flexibility index (Phi) is 5.50. The lowest BCUT2D eigenvalue weighted by molar-refractivity contribution is -0.127. The number of thioether (sulfide) groups is 1. The molecule has 0 unspecified atom stereocenters. The van der Waals surface area contributed by atoms with Crippen molar-refractivity contribution in [3.8, 4) is 0 Å². The number of carbonyl (C=O) groups excluding carboxylic acids is 3. The second kappa shape index (κ2) is 7.85. The van der Waals surface area contributed by atoms with E-state index in [9.17, 15) is 31.9 Å². The number of nitrogens with one attached hydrogen (secondary N) is 1. The van der Waals surface area contributed by atoms with Crippen LogP contribution in [-0.2, 0) is 9.59 Å². The van der Waals surface area contributed by atoms with Crippen molar-refractivity contribution in [2.75, 3.05) is 11.9 Å². The van der Waals surface area contributed by atoms with Crippen molar-refractivity contribution < 1.29 is 31.9 Å². The highest BCUT2D eigenvalue weighted by Crippen LogP contribution is 2.32. The summed E-state index contributed by atoms with van der Waals surface area (Å²) < 4.78 is 53.4. The van der Waals surface area contributed by atoms with E-state index >= 15 is 0 Å². The Balaban J connectivity index is 1.73. The number of anilines is 1. The van der Waals surface area contributed by atoms with Crippen LogP contribution in [0.3, 0.4) is 0 Å². The van der Waals surface area contributed by atoms with E-state index in [1.807, 2.05) is 5.32 Å². The molecular formula is C18H10F4N2O3S. The van der Waals surface area contributed by atoms with E-state index in [1.54, 1.807) is 6.07 Å². The summed E-state index contributed by atoms with van der Waals surface area (Å²) in [5, 5.41) is 1.18. The van der Waals surface area contributed by atoms with Gasteiger partial charge in [0.05, 0.1) is 10.6 Å². The Morgan fingerprint density at radius 1 is 1.00 bits per heavy atom. The zero-order valence-corrected chi connectivity index (χ0v) is 14.7. The quantitative estimate of drug-likeness (QED) is 0.472. The van der Waals surface area contributed by atoms with Crippen LogP contribution in [0.5, 0.6) is 0 Å². The molecule has 0 aliphatic carbocycles. The van der Waals surface area contributed by atoms with Crippen LogP contribution in [-0.4, -0.2) is 28.5 Å². The molecule has 28 heavy (non-hydrogen) atoms. The van der Waals surface area contributed by atoms with Gasteiger partial charge in [0, 0.05) is 5.56 Å². The molecule has 0 radical (unpaired) electrons. The standard InChI is InChI=1S/C18H10F4N2O3S/c19-10-4-2-1-3-9(10)7-13-17(26)24(18(27)28-13)8-14(25)23-12-6-5-11(20)15(21)16(12)22/h1-7H,8H2,(H,23,25)/b13-7+. The van der Waals surface area contributed by atoms with Crippen LogP contribution in [0.4, 0.5) is 28.0 Å². The number of hydrogen-bond acceptors (Lipinski definition) is 4. The summed E-state index contributed by atoms with van der Waals surface area (Å²) in [5.41, 5.74) is -0.556. The van der Waals surface area contributed by atoms with Crippen LogP contribution in [0.1, 0.15) is 5.56 Å². The monoisotopic (exact) mass is 410 g/mol. The molecule has 0 saturated carbocycles. The van der Waals surface area contributed by atoms with Gasteiger partial charge in [0.1, 0.15) is 12.4 Å². The van der Waals surface area contributed by atoms with Gasteiger partial charge in [-0.05, 0) is 36.0 Å². The van der Waals surface area contributed by atoms with Crippen LogP contribution in [0.15, 0.2) is 41.3 Å². The Hall–Kier alpha value is -3.14. The first kappa shape index (κ1) is 19.6. The molecule has 0 spiro atoms. The molecule has 10 heteroatoms. The van der Waals surface area contributed by atoms with Crippen molar-refractivity contribution in [3.63, 3.8) is 0 Å². The third-order valence-corrected chi connectivity index (χ3v) is 4.58. The van der Waals surface area contributed by atoms with Gasteiger partial charge in [-0.3, -0.25) is 19.3 Å². The number of rotatable bonds is 4. The Bertz CT molecular complexity index is 1030. The molecule has 3 amide bonds. The summed E-state index contributed by atoms with van der Waals surface area (Å²) in [6, 6.07) is 7.01. The second-order valence-electron chi connectivity index (χ2n) is 5.56. The normalized spacial score (nSPS) is 15.4. The molecule has 1 fully saturated rings. The molecule has 0 atom stereocenters. The summed E-state index contributed by atoms with van der Waals surface area (Å²) in [6.45, 7) is -0.780. The lowest BCUT2D eigenvalue weighted by atomic mass is 10.2. The number of nitrogens with zero attached hydrogens (tertiary/aromatic N) is 1. The maximum Gasteiger partial charge on any atom is 0.294 e. The summed E-state index contributed by atoms with van der Waals surface area (Å²) in [4.78, 5) is 36.8. The summed E-state index contributed by atoms with van der Waals surface area (Å²) >= 11 is 0.509. The fourth-order valence-electron chi connectivity index (χ4n) is 2.33. The molecule has 2 aromatic carbocycles. The highest BCUT2D eigenvalue weighted by atomic mass is 32.2. The molecule has 1 aliphatic rings. The maximum absolute atomic E-state index is 13.7. The van der Waals surface area contributed by atoms with Gasteiger partial charge in [-0.1, -0.05) is 18.2 Å². The first-order valence-corrected chi connectivity index (χ1v) is 8.53. The average Bonchev–Trinajstić information content (AvgIpc) is 2.91. The fourth-order valence-corrected chi connectivity index (χ4v) is 3.15. The zero-order chi connectivity index (χ0) is 20.4. The van der Waals surface area contributed by atoms with Crippen molar-refractivity contribution >= 4 is 40.6 Å². The van der Waals surface area contributed by atoms with Crippen molar-refractivity contribution in [1.29, 1.82) is 0 Å². The van der Waals surface area contributed by atoms with Crippen molar-refractivity contribution in [2.24, 2.45) is 0 Å². The van der Waals surface area contributed by atoms with Gasteiger partial charge in [0.2, 0.25) is 5.91 Å². The lowest BCUT2D eigenvalue weighted by Gasteiger charge is -2.13. The van der Waals surface area contributed by atoms with Crippen LogP contribution in [0.25, 0.3) is 6.08 Å². The van der Waals surface area contributed by atoms with Gasteiger partial charge < -0.3 is 5.32 Å². The minimum Gasteiger partial charge on any atom is -0.322 e. The molecular weight excluding hydrogens is 400 g/mol. The van der Waals surface area contributed by atoms with Crippen molar-refractivity contribution in [3.05, 3.63) is 70.1 Å². The second-order valence-corrected chi connectivity index (χ2v) is 6.55. The van der Waals surface area contributed by atoms with Crippen LogP contribution >= 0.6 is 11.8 Å². The van der Waals surface area contributed by atoms with Crippen LogP contribution in [0, 0.1) is 23.3 Å². The number of hydrogen-bond donors (Lipinski definition) is 1. The highest BCUT2D eigenvalue weighted by molar-refractivity contribution is 8.18. The van der Waals surface area contributed by atoms with E-state index in [4.69, 9.17) is 0 Å². The first-order valence-electron chi connectivity index (χ1n) is 7.71. The molecule has 0 aromatic heterocycles. The number of amides is 3. The minimum absolute atomic E-state index is 0.0845. The molecule has 144 valence electrons. The van der Waals surface area contributed by atoms with Gasteiger partial charge in [-0.15, -0.1) is 0 Å². The van der Waals surface area contributed by atoms with E-state index in [-0.39, 0.29) is 10.5 Å². The molecule has 0 bridgehead atoms. The van der Waals surface area contributed by atoms with Gasteiger partial charge in [0.15, 0.2) is 17.5 Å². The average molecular weight is 410 g/mol. The molecule has 1 saturated heterocycles. The van der Waals surface area contributed by atoms with Crippen molar-refractivity contribution in [1.82, 2.24) is 4.90 Å². The third-order valence-electron chi connectivity index (χ3n) is 3.68. The minimum atomic E-state index is -1.77. The Labute approximate surface area is 160 Å². The Morgan fingerprint density at radius 3 is 2.43 bits per heavy atom. The van der Waals surface area contributed by atoms with Crippen molar-refractivity contribution in [2.45, 2.75) is 0 Å². The number of benzene rings is 2. The van der Waals surface area contributed by atoms with Gasteiger partial charge in [-0.2, -0.15) is 0 Å². The zero-order valence-electron chi connectivity index (χ0n) is 13.8. The van der Waals surface area contributed by atoms with E-state index < -0.39 is 52.6 Å². The summed E-state index contributed by atoms with van der Waals surface area (Å²) in [7, 11) is 0. The predicted molar refractivity (Wildman–Crippen MR) is 94.0 cm³/mol. The fraction of sp³-hybridized carbons (Fsp3) is 0.0556. The lowest BCUT2D eigenvalue weighted by Crippen LogP contribution is -2.36. The molecule has 1 aliphatic heterocycles. The maximum atomic E-state index is 13.7. The highest BCUT2D eigenvalue weighted by Gasteiger charge is 2.36. The smallest absolute Gasteiger partial charge is 0.294 e. The summed E-state index contributed by atoms with van der Waals surface area (Å²) in [5.74, 6) is -7.24. The van der Waals surface area contributed by atoms with Gasteiger partial charge in [0.25, 0.3) is 11.1 Å². The van der Waals surface area contributed by atoms with E-state index in [1.165, 1.54) is 24.3 Å². The molecule has 1 heterocycles. The predicted octanol–water partition coefficient (Wildman–Crippen LogP) is 3.92. The first-order chi connectivity index (χ1) is 13.3. The molecule has 2 aromatic rings. The van der Waals surface area contributed by atoms with E-state index in [0.717, 1.165) is 6.07 Å².